The normalized spacial score (nSPS) is 32.9. The number of nitrogens with two attached hydrogens (primary N) is 1. The minimum absolute atomic E-state index is 0.0327. The maximum absolute atomic E-state index is 14.2. The molecule has 2 heterocycles. The van der Waals surface area contributed by atoms with Crippen LogP contribution in [0.15, 0.2) is 17.1 Å². The number of rotatable bonds is 2. The van der Waals surface area contributed by atoms with Crippen molar-refractivity contribution in [1.82, 2.24) is 9.55 Å². The van der Waals surface area contributed by atoms with E-state index in [4.69, 9.17) is 15.6 Å². The van der Waals surface area contributed by atoms with Gasteiger partial charge in [0.25, 0.3) is 0 Å². The van der Waals surface area contributed by atoms with Crippen molar-refractivity contribution >= 4 is 5.82 Å². The zero-order valence-corrected chi connectivity index (χ0v) is 9.34. The van der Waals surface area contributed by atoms with Gasteiger partial charge in [0, 0.05) is 12.6 Å². The van der Waals surface area contributed by atoms with E-state index in [1.165, 1.54) is 19.2 Å². The molecule has 3 N–H and O–H groups in total. The Labute approximate surface area is 96.8 Å². The Balaban J connectivity index is 2.37. The molecule has 0 bridgehead atoms. The predicted molar refractivity (Wildman–Crippen MR) is 58.0 cm³/mol. The highest BCUT2D eigenvalue weighted by atomic mass is 19.1. The summed E-state index contributed by atoms with van der Waals surface area (Å²) in [6.07, 6.45) is -0.322. The fourth-order valence-corrected chi connectivity index (χ4v) is 1.99. The Hall–Kier alpha value is -1.47. The van der Waals surface area contributed by atoms with E-state index in [0.29, 0.717) is 0 Å². The second-order valence-electron chi connectivity index (χ2n) is 4.32. The Morgan fingerprint density at radius 1 is 1.82 bits per heavy atom. The van der Waals surface area contributed by atoms with Crippen LogP contribution in [0.5, 0.6) is 0 Å². The van der Waals surface area contributed by atoms with Crippen LogP contribution in [0.2, 0.25) is 0 Å². The quantitative estimate of drug-likeness (QED) is 0.752. The first-order valence-electron chi connectivity index (χ1n) is 5.24. The van der Waals surface area contributed by atoms with Gasteiger partial charge in [-0.3, -0.25) is 4.57 Å². The van der Waals surface area contributed by atoms with Crippen molar-refractivity contribution in [3.05, 3.63) is 22.7 Å². The molecule has 7 heteroatoms. The molecule has 1 saturated heterocycles. The second kappa shape index (κ2) is 4.08. The molecule has 0 spiro atoms. The molecular formula is C10H14FN3O3. The van der Waals surface area contributed by atoms with E-state index in [-0.39, 0.29) is 18.8 Å². The van der Waals surface area contributed by atoms with Crippen molar-refractivity contribution in [1.29, 1.82) is 0 Å². The molecule has 17 heavy (non-hydrogen) atoms. The summed E-state index contributed by atoms with van der Waals surface area (Å²) in [5, 5.41) is 8.96. The molecule has 3 atom stereocenters. The zero-order valence-electron chi connectivity index (χ0n) is 9.34. The van der Waals surface area contributed by atoms with Crippen LogP contribution in [0.25, 0.3) is 0 Å². The van der Waals surface area contributed by atoms with Crippen molar-refractivity contribution in [3.8, 4) is 0 Å². The first kappa shape index (κ1) is 12.0. The molecule has 1 aromatic rings. The summed E-state index contributed by atoms with van der Waals surface area (Å²) in [4.78, 5) is 15.1. The van der Waals surface area contributed by atoms with Crippen molar-refractivity contribution < 1.29 is 14.2 Å². The van der Waals surface area contributed by atoms with E-state index in [2.05, 4.69) is 4.98 Å². The summed E-state index contributed by atoms with van der Waals surface area (Å²) < 4.78 is 20.6. The van der Waals surface area contributed by atoms with E-state index in [0.717, 1.165) is 4.57 Å². The SMILES string of the molecule is CC1(F)C[C@@H](CO)OC1n1ccc(N)nc1=O. The topological polar surface area (TPSA) is 90.4 Å². The van der Waals surface area contributed by atoms with Gasteiger partial charge in [-0.25, -0.2) is 9.18 Å². The number of nitrogen functional groups attached to an aromatic ring is 1. The number of hydrogen-bond acceptors (Lipinski definition) is 5. The van der Waals surface area contributed by atoms with Crippen molar-refractivity contribution in [3.63, 3.8) is 0 Å². The molecule has 1 aliphatic rings. The third kappa shape index (κ3) is 2.16. The Kier molecular flexibility index (Phi) is 2.88. The maximum atomic E-state index is 14.2. The molecule has 1 fully saturated rings. The summed E-state index contributed by atoms with van der Waals surface area (Å²) in [6, 6.07) is 1.40. The van der Waals surface area contributed by atoms with E-state index < -0.39 is 23.7 Å². The van der Waals surface area contributed by atoms with Gasteiger partial charge in [0.05, 0.1) is 12.7 Å². The summed E-state index contributed by atoms with van der Waals surface area (Å²) in [5.74, 6) is 0.0727. The Morgan fingerprint density at radius 3 is 3.06 bits per heavy atom. The molecule has 0 aromatic carbocycles. The van der Waals surface area contributed by atoms with Crippen LogP contribution in [0.4, 0.5) is 10.2 Å². The smallest absolute Gasteiger partial charge is 0.351 e. The lowest BCUT2D eigenvalue weighted by Crippen LogP contribution is -2.35. The first-order chi connectivity index (χ1) is 7.94. The van der Waals surface area contributed by atoms with Gasteiger partial charge < -0.3 is 15.6 Å². The molecular weight excluding hydrogens is 229 g/mol. The molecule has 1 aromatic heterocycles. The highest BCUT2D eigenvalue weighted by Gasteiger charge is 2.47. The highest BCUT2D eigenvalue weighted by molar-refractivity contribution is 5.23. The third-order valence-corrected chi connectivity index (χ3v) is 2.77. The lowest BCUT2D eigenvalue weighted by molar-refractivity contribution is -0.0609. The molecule has 0 amide bonds. The van der Waals surface area contributed by atoms with Crippen LogP contribution in [0.3, 0.4) is 0 Å². The molecule has 0 aliphatic carbocycles. The zero-order chi connectivity index (χ0) is 12.6. The van der Waals surface area contributed by atoms with Crippen LogP contribution in [0, 0.1) is 0 Å². The largest absolute Gasteiger partial charge is 0.394 e. The average Bonchev–Trinajstić information content (AvgIpc) is 2.54. The molecule has 0 radical (unpaired) electrons. The number of aliphatic hydroxyl groups excluding tert-OH is 1. The maximum Gasteiger partial charge on any atom is 0.351 e. The fourth-order valence-electron chi connectivity index (χ4n) is 1.99. The van der Waals surface area contributed by atoms with Crippen LogP contribution >= 0.6 is 0 Å². The minimum Gasteiger partial charge on any atom is -0.394 e. The number of anilines is 1. The lowest BCUT2D eigenvalue weighted by atomic mass is 10.0. The molecule has 94 valence electrons. The summed E-state index contributed by atoms with van der Waals surface area (Å²) in [7, 11) is 0. The fraction of sp³-hybridized carbons (Fsp3) is 0.600. The van der Waals surface area contributed by atoms with Crippen molar-refractivity contribution in [2.75, 3.05) is 12.3 Å². The highest BCUT2D eigenvalue weighted by Crippen LogP contribution is 2.39. The summed E-state index contributed by atoms with van der Waals surface area (Å²) >= 11 is 0. The summed E-state index contributed by atoms with van der Waals surface area (Å²) in [6.45, 7) is 1.04. The Morgan fingerprint density at radius 2 is 2.53 bits per heavy atom. The van der Waals surface area contributed by atoms with Gasteiger partial charge in [0.1, 0.15) is 5.82 Å². The number of aromatic nitrogens is 2. The molecule has 1 aliphatic heterocycles. The van der Waals surface area contributed by atoms with Crippen LogP contribution in [0.1, 0.15) is 19.6 Å². The van der Waals surface area contributed by atoms with Gasteiger partial charge in [0.2, 0.25) is 0 Å². The number of nitrogens with zero attached hydrogens (tertiary/aromatic N) is 2. The van der Waals surface area contributed by atoms with Gasteiger partial charge in [-0.2, -0.15) is 4.98 Å². The number of hydrogen-bond donors (Lipinski definition) is 2. The second-order valence-corrected chi connectivity index (χ2v) is 4.32. The number of alkyl halides is 1. The van der Waals surface area contributed by atoms with Gasteiger partial charge in [-0.1, -0.05) is 0 Å². The van der Waals surface area contributed by atoms with Gasteiger partial charge in [0.15, 0.2) is 11.9 Å². The lowest BCUT2D eigenvalue weighted by Gasteiger charge is -2.22. The number of aliphatic hydroxyl groups is 1. The van der Waals surface area contributed by atoms with E-state index >= 15 is 0 Å². The standard InChI is InChI=1S/C10H14FN3O3/c1-10(11)4-6(5-15)17-8(10)14-3-2-7(12)13-9(14)16/h2-3,6,8,15H,4-5H2,1H3,(H2,12,13,16)/t6-,8?,10?/m0/s1. The van der Waals surface area contributed by atoms with Crippen molar-refractivity contribution in [2.24, 2.45) is 0 Å². The third-order valence-electron chi connectivity index (χ3n) is 2.77. The first-order valence-corrected chi connectivity index (χ1v) is 5.24. The average molecular weight is 243 g/mol. The van der Waals surface area contributed by atoms with E-state index in [1.54, 1.807) is 0 Å². The molecule has 6 nitrogen and oxygen atoms in total. The van der Waals surface area contributed by atoms with Gasteiger partial charge >= 0.3 is 5.69 Å². The summed E-state index contributed by atoms with van der Waals surface area (Å²) in [5.41, 5.74) is 2.95. The molecule has 2 rings (SSSR count). The van der Waals surface area contributed by atoms with E-state index in [1.807, 2.05) is 0 Å². The van der Waals surface area contributed by atoms with Crippen LogP contribution in [-0.2, 0) is 4.74 Å². The Bertz CT molecular complexity index is 474. The predicted octanol–water partition coefficient (Wildman–Crippen LogP) is -0.166. The van der Waals surface area contributed by atoms with E-state index in [9.17, 15) is 9.18 Å². The van der Waals surface area contributed by atoms with Crippen LogP contribution < -0.4 is 11.4 Å². The molecule has 2 unspecified atom stereocenters. The number of ether oxygens (including phenoxy) is 1. The van der Waals surface area contributed by atoms with Gasteiger partial charge in [-0.05, 0) is 13.0 Å². The monoisotopic (exact) mass is 243 g/mol. The van der Waals surface area contributed by atoms with Crippen LogP contribution in [-0.4, -0.2) is 33.0 Å². The molecule has 0 saturated carbocycles. The van der Waals surface area contributed by atoms with Gasteiger partial charge in [-0.15, -0.1) is 0 Å². The number of halogens is 1. The van der Waals surface area contributed by atoms with Crippen molar-refractivity contribution in [2.45, 2.75) is 31.3 Å². The minimum atomic E-state index is -1.73.